The molecule has 2 N–H and O–H groups in total. The molecule has 0 bridgehead atoms. The van der Waals surface area contributed by atoms with Crippen LogP contribution in [0.25, 0.3) is 0 Å². The fraction of sp³-hybridized carbons (Fsp3) is 0.250. The third-order valence-electron chi connectivity index (χ3n) is 5.83. The molecule has 2 aliphatic heterocycles. The maximum Gasteiger partial charge on any atom is 0.254 e. The van der Waals surface area contributed by atoms with Crippen molar-refractivity contribution in [3.8, 4) is 11.5 Å². The Hall–Kier alpha value is -3.61. The van der Waals surface area contributed by atoms with Crippen LogP contribution >= 0.6 is 0 Å². The monoisotopic (exact) mass is 420 g/mol. The summed E-state index contributed by atoms with van der Waals surface area (Å²) in [5, 5.41) is 6.06. The zero-order chi connectivity index (χ0) is 21.5. The number of hydrogen-bond donors (Lipinski definition) is 2. The number of halogens is 1. The Morgan fingerprint density at radius 2 is 1.97 bits per heavy atom. The number of benzene rings is 2. The van der Waals surface area contributed by atoms with Crippen LogP contribution in [0.4, 0.5) is 10.1 Å². The van der Waals surface area contributed by atoms with Crippen LogP contribution in [0.5, 0.6) is 11.5 Å². The lowest BCUT2D eigenvalue weighted by Gasteiger charge is -2.34. The lowest BCUT2D eigenvalue weighted by molar-refractivity contribution is -0.116. The van der Waals surface area contributed by atoms with E-state index in [1.807, 2.05) is 19.1 Å². The highest BCUT2D eigenvalue weighted by atomic mass is 19.1. The molecule has 2 aromatic carbocycles. The summed E-state index contributed by atoms with van der Waals surface area (Å²) in [6.07, 6.45) is 1.97. The van der Waals surface area contributed by atoms with E-state index < -0.39 is 11.7 Å². The topological polar surface area (TPSA) is 76.7 Å². The van der Waals surface area contributed by atoms with Gasteiger partial charge >= 0.3 is 0 Å². The van der Waals surface area contributed by atoms with Gasteiger partial charge in [0.05, 0.1) is 0 Å². The normalized spacial score (nSPS) is 19.8. The molecule has 1 aliphatic carbocycles. The van der Waals surface area contributed by atoms with Gasteiger partial charge in [-0.15, -0.1) is 0 Å². The van der Waals surface area contributed by atoms with E-state index in [4.69, 9.17) is 9.47 Å². The van der Waals surface area contributed by atoms with E-state index in [9.17, 15) is 14.0 Å². The molecule has 6 nitrogen and oxygen atoms in total. The number of carbonyl (C=O) groups is 2. The summed E-state index contributed by atoms with van der Waals surface area (Å²) in [5.41, 5.74) is 3.70. The van der Waals surface area contributed by atoms with E-state index in [2.05, 4.69) is 10.6 Å². The number of rotatable bonds is 3. The molecular formula is C24H21FN2O4. The Balaban J connectivity index is 1.59. The molecule has 31 heavy (non-hydrogen) atoms. The van der Waals surface area contributed by atoms with Gasteiger partial charge in [0, 0.05) is 40.6 Å². The summed E-state index contributed by atoms with van der Waals surface area (Å²) >= 11 is 0. The second-order valence-electron chi connectivity index (χ2n) is 7.84. The fourth-order valence-electron chi connectivity index (χ4n) is 4.47. The van der Waals surface area contributed by atoms with Crippen molar-refractivity contribution in [2.75, 3.05) is 12.1 Å². The van der Waals surface area contributed by atoms with Crippen LogP contribution in [-0.4, -0.2) is 18.5 Å². The highest BCUT2D eigenvalue weighted by Gasteiger charge is 2.39. The standard InChI is InChI=1S/C24H21FN2O4/c1-13-21(24(29)27-16-5-2-4-15(25)11-16)22(23-17(26-13)6-3-7-18(23)28)14-8-9-19-20(10-14)31-12-30-19/h2,4-5,8-11,22,26H,3,6-7,12H2,1H3,(H,27,29)/t22-/m0/s1. The second-order valence-corrected chi connectivity index (χ2v) is 7.84. The Morgan fingerprint density at radius 1 is 1.13 bits per heavy atom. The van der Waals surface area contributed by atoms with Gasteiger partial charge in [0.1, 0.15) is 5.82 Å². The van der Waals surface area contributed by atoms with Crippen LogP contribution in [0.2, 0.25) is 0 Å². The lowest BCUT2D eigenvalue weighted by atomic mass is 9.75. The fourth-order valence-corrected chi connectivity index (χ4v) is 4.47. The lowest BCUT2D eigenvalue weighted by Crippen LogP contribution is -2.35. The van der Waals surface area contributed by atoms with Crippen LogP contribution in [0, 0.1) is 5.82 Å². The van der Waals surface area contributed by atoms with Gasteiger partial charge in [-0.25, -0.2) is 4.39 Å². The van der Waals surface area contributed by atoms with Gasteiger partial charge in [-0.05, 0) is 55.7 Å². The number of anilines is 1. The summed E-state index contributed by atoms with van der Waals surface area (Å²) in [5.74, 6) is -0.127. The average molecular weight is 420 g/mol. The molecule has 0 saturated carbocycles. The molecule has 5 rings (SSSR count). The van der Waals surface area contributed by atoms with Crippen molar-refractivity contribution in [2.45, 2.75) is 32.1 Å². The Labute approximate surface area is 178 Å². The van der Waals surface area contributed by atoms with Crippen LogP contribution in [0.1, 0.15) is 37.7 Å². The molecule has 0 saturated heterocycles. The van der Waals surface area contributed by atoms with E-state index in [0.717, 1.165) is 24.1 Å². The Morgan fingerprint density at radius 3 is 2.81 bits per heavy atom. The van der Waals surface area contributed by atoms with Gasteiger partial charge < -0.3 is 20.1 Å². The highest BCUT2D eigenvalue weighted by Crippen LogP contribution is 2.45. The number of Topliss-reactive ketones (excluding diaryl/α,β-unsaturated/α-hetero) is 1. The largest absolute Gasteiger partial charge is 0.454 e. The van der Waals surface area contributed by atoms with Gasteiger partial charge in [0.15, 0.2) is 17.3 Å². The number of hydrogen-bond acceptors (Lipinski definition) is 5. The summed E-state index contributed by atoms with van der Waals surface area (Å²) in [7, 11) is 0. The number of amides is 1. The van der Waals surface area contributed by atoms with Gasteiger partial charge in [0.2, 0.25) is 6.79 Å². The third kappa shape index (κ3) is 3.46. The molecule has 0 aromatic heterocycles. The molecule has 7 heteroatoms. The van der Waals surface area contributed by atoms with Crippen molar-refractivity contribution in [1.82, 2.24) is 5.32 Å². The Kier molecular flexibility index (Phi) is 4.73. The first-order valence-corrected chi connectivity index (χ1v) is 10.2. The Bertz CT molecular complexity index is 1170. The summed E-state index contributed by atoms with van der Waals surface area (Å²) in [6, 6.07) is 11.2. The number of carbonyl (C=O) groups excluding carboxylic acids is 2. The quantitative estimate of drug-likeness (QED) is 0.780. The van der Waals surface area contributed by atoms with Crippen molar-refractivity contribution in [3.63, 3.8) is 0 Å². The summed E-state index contributed by atoms with van der Waals surface area (Å²) < 4.78 is 24.6. The smallest absolute Gasteiger partial charge is 0.254 e. The zero-order valence-corrected chi connectivity index (χ0v) is 17.0. The van der Waals surface area contributed by atoms with Crippen molar-refractivity contribution >= 4 is 17.4 Å². The molecule has 1 atom stereocenters. The number of dihydropyridines is 1. The molecule has 3 aliphatic rings. The third-order valence-corrected chi connectivity index (χ3v) is 5.83. The molecule has 0 fully saturated rings. The van der Waals surface area contributed by atoms with Crippen LogP contribution in [0.15, 0.2) is 65.0 Å². The zero-order valence-electron chi connectivity index (χ0n) is 17.0. The average Bonchev–Trinajstić information content (AvgIpc) is 3.20. The van der Waals surface area contributed by atoms with Crippen molar-refractivity contribution in [3.05, 3.63) is 76.4 Å². The first-order chi connectivity index (χ1) is 15.0. The number of ether oxygens (including phenoxy) is 2. The molecular weight excluding hydrogens is 399 g/mol. The molecule has 1 amide bonds. The van der Waals surface area contributed by atoms with Crippen LogP contribution in [0.3, 0.4) is 0 Å². The predicted octanol–water partition coefficient (Wildman–Crippen LogP) is 4.16. The van der Waals surface area contributed by atoms with E-state index in [-0.39, 0.29) is 18.5 Å². The van der Waals surface area contributed by atoms with Crippen molar-refractivity contribution in [1.29, 1.82) is 0 Å². The maximum atomic E-state index is 13.6. The number of nitrogens with one attached hydrogen (secondary N) is 2. The molecule has 0 unspecified atom stereocenters. The van der Waals surface area contributed by atoms with Crippen molar-refractivity contribution in [2.24, 2.45) is 0 Å². The SMILES string of the molecule is CC1=C(C(=O)Nc2cccc(F)c2)[C@H](c2ccc3c(c2)OCO3)C2=C(CCCC2=O)N1. The van der Waals surface area contributed by atoms with Gasteiger partial charge in [-0.1, -0.05) is 12.1 Å². The summed E-state index contributed by atoms with van der Waals surface area (Å²) in [4.78, 5) is 26.3. The minimum Gasteiger partial charge on any atom is -0.454 e. The van der Waals surface area contributed by atoms with E-state index >= 15 is 0 Å². The second kappa shape index (κ2) is 7.58. The highest BCUT2D eigenvalue weighted by molar-refractivity contribution is 6.09. The minimum absolute atomic E-state index is 0.0278. The van der Waals surface area contributed by atoms with E-state index in [1.54, 1.807) is 12.1 Å². The molecule has 158 valence electrons. The molecule has 0 spiro atoms. The van der Waals surface area contributed by atoms with E-state index in [0.29, 0.717) is 40.5 Å². The van der Waals surface area contributed by atoms with Gasteiger partial charge in [-0.2, -0.15) is 0 Å². The van der Waals surface area contributed by atoms with E-state index in [1.165, 1.54) is 18.2 Å². The van der Waals surface area contributed by atoms with Crippen LogP contribution in [-0.2, 0) is 9.59 Å². The van der Waals surface area contributed by atoms with Gasteiger partial charge in [-0.3, -0.25) is 9.59 Å². The number of ketones is 1. The van der Waals surface area contributed by atoms with Crippen LogP contribution < -0.4 is 20.1 Å². The number of allylic oxidation sites excluding steroid dienone is 3. The minimum atomic E-state index is -0.549. The van der Waals surface area contributed by atoms with Gasteiger partial charge in [0.25, 0.3) is 5.91 Å². The molecule has 2 aromatic rings. The summed E-state index contributed by atoms with van der Waals surface area (Å²) in [6.45, 7) is 1.96. The first kappa shape index (κ1) is 19.4. The maximum absolute atomic E-state index is 13.6. The molecule has 2 heterocycles. The first-order valence-electron chi connectivity index (χ1n) is 10.2. The predicted molar refractivity (Wildman–Crippen MR) is 112 cm³/mol. The van der Waals surface area contributed by atoms with Crippen molar-refractivity contribution < 1.29 is 23.5 Å². The molecule has 0 radical (unpaired) electrons. The number of fused-ring (bicyclic) bond motifs is 1.